The Hall–Kier alpha value is -2.66. The molecule has 0 saturated heterocycles. The summed E-state index contributed by atoms with van der Waals surface area (Å²) in [5, 5.41) is 14.6. The molecule has 1 heterocycles. The SMILES string of the molecule is Cc1ccc2c(CNC3CCCCC3)c(C(=O)O)n(Cc3ccc(F)cc3)c2c1. The van der Waals surface area contributed by atoms with E-state index in [1.54, 1.807) is 12.1 Å². The molecule has 0 amide bonds. The lowest BCUT2D eigenvalue weighted by molar-refractivity contribution is 0.0684. The van der Waals surface area contributed by atoms with Gasteiger partial charge in [-0.2, -0.15) is 0 Å². The molecular weight excluding hydrogens is 367 g/mol. The molecule has 152 valence electrons. The second-order valence-corrected chi connectivity index (χ2v) is 8.08. The lowest BCUT2D eigenvalue weighted by Gasteiger charge is -2.23. The van der Waals surface area contributed by atoms with Gasteiger partial charge in [0, 0.05) is 35.6 Å². The van der Waals surface area contributed by atoms with Crippen LogP contribution in [-0.4, -0.2) is 21.7 Å². The zero-order valence-electron chi connectivity index (χ0n) is 16.7. The highest BCUT2D eigenvalue weighted by molar-refractivity contribution is 5.98. The lowest BCUT2D eigenvalue weighted by Crippen LogP contribution is -2.31. The first-order valence-electron chi connectivity index (χ1n) is 10.4. The van der Waals surface area contributed by atoms with E-state index in [0.29, 0.717) is 24.8 Å². The fourth-order valence-electron chi connectivity index (χ4n) is 4.44. The maximum atomic E-state index is 13.3. The normalized spacial score (nSPS) is 15.1. The van der Waals surface area contributed by atoms with Crippen molar-refractivity contribution in [2.24, 2.45) is 0 Å². The van der Waals surface area contributed by atoms with Crippen molar-refractivity contribution in [1.82, 2.24) is 9.88 Å². The number of hydrogen-bond donors (Lipinski definition) is 2. The van der Waals surface area contributed by atoms with Crippen molar-refractivity contribution < 1.29 is 14.3 Å². The minimum absolute atomic E-state index is 0.294. The van der Waals surface area contributed by atoms with Crippen molar-refractivity contribution in [1.29, 1.82) is 0 Å². The molecule has 1 fully saturated rings. The molecule has 5 heteroatoms. The Balaban J connectivity index is 1.76. The molecular formula is C24H27FN2O2. The van der Waals surface area contributed by atoms with E-state index in [1.807, 2.05) is 29.7 Å². The molecule has 3 aromatic rings. The number of aryl methyl sites for hydroxylation is 1. The predicted molar refractivity (Wildman–Crippen MR) is 113 cm³/mol. The molecule has 0 radical (unpaired) electrons. The van der Waals surface area contributed by atoms with Gasteiger partial charge in [0.1, 0.15) is 11.5 Å². The van der Waals surface area contributed by atoms with Gasteiger partial charge < -0.3 is 15.0 Å². The second kappa shape index (κ2) is 8.37. The van der Waals surface area contributed by atoms with Gasteiger partial charge in [-0.1, -0.05) is 43.5 Å². The number of aromatic nitrogens is 1. The smallest absolute Gasteiger partial charge is 0.352 e. The third-order valence-corrected chi connectivity index (χ3v) is 5.95. The maximum absolute atomic E-state index is 13.3. The Bertz CT molecular complexity index is 1020. The number of aromatic carboxylic acids is 1. The van der Waals surface area contributed by atoms with Crippen LogP contribution in [0.5, 0.6) is 0 Å². The first kappa shape index (κ1) is 19.6. The molecule has 0 atom stereocenters. The molecule has 2 N–H and O–H groups in total. The number of carboxylic acids is 1. The minimum atomic E-state index is -0.929. The average Bonchev–Trinajstić information content (AvgIpc) is 3.01. The fourth-order valence-corrected chi connectivity index (χ4v) is 4.44. The number of carboxylic acid groups (broad SMARTS) is 1. The van der Waals surface area contributed by atoms with Gasteiger partial charge in [0.2, 0.25) is 0 Å². The van der Waals surface area contributed by atoms with E-state index >= 15 is 0 Å². The van der Waals surface area contributed by atoms with Gasteiger partial charge in [0.25, 0.3) is 0 Å². The first-order chi connectivity index (χ1) is 14.0. The Kier molecular flexibility index (Phi) is 5.67. The Morgan fingerprint density at radius 2 is 1.86 bits per heavy atom. The Morgan fingerprint density at radius 3 is 2.55 bits per heavy atom. The van der Waals surface area contributed by atoms with E-state index < -0.39 is 5.97 Å². The van der Waals surface area contributed by atoms with Gasteiger partial charge in [0.05, 0.1) is 0 Å². The molecule has 0 aliphatic heterocycles. The van der Waals surface area contributed by atoms with Crippen LogP contribution in [0.1, 0.15) is 59.3 Å². The van der Waals surface area contributed by atoms with Crippen molar-refractivity contribution in [3.63, 3.8) is 0 Å². The van der Waals surface area contributed by atoms with Crippen LogP contribution in [0.15, 0.2) is 42.5 Å². The third-order valence-electron chi connectivity index (χ3n) is 5.95. The third kappa shape index (κ3) is 4.20. The number of halogens is 1. The lowest BCUT2D eigenvalue weighted by atomic mass is 9.95. The predicted octanol–water partition coefficient (Wildman–Crippen LogP) is 5.26. The summed E-state index contributed by atoms with van der Waals surface area (Å²) in [4.78, 5) is 12.3. The summed E-state index contributed by atoms with van der Waals surface area (Å²) >= 11 is 0. The van der Waals surface area contributed by atoms with Gasteiger partial charge in [-0.05, 0) is 49.1 Å². The molecule has 29 heavy (non-hydrogen) atoms. The van der Waals surface area contributed by atoms with Crippen LogP contribution in [-0.2, 0) is 13.1 Å². The number of benzene rings is 2. The van der Waals surface area contributed by atoms with Gasteiger partial charge in [-0.25, -0.2) is 9.18 Å². The molecule has 1 saturated carbocycles. The van der Waals surface area contributed by atoms with E-state index in [9.17, 15) is 14.3 Å². The van der Waals surface area contributed by atoms with Crippen LogP contribution >= 0.6 is 0 Å². The Morgan fingerprint density at radius 1 is 1.14 bits per heavy atom. The van der Waals surface area contributed by atoms with E-state index in [2.05, 4.69) is 5.32 Å². The summed E-state index contributed by atoms with van der Waals surface area (Å²) in [5.74, 6) is -1.22. The monoisotopic (exact) mass is 394 g/mol. The summed E-state index contributed by atoms with van der Waals surface area (Å²) in [6.07, 6.45) is 6.05. The number of nitrogens with one attached hydrogen (secondary N) is 1. The first-order valence-corrected chi connectivity index (χ1v) is 10.4. The highest BCUT2D eigenvalue weighted by Gasteiger charge is 2.23. The van der Waals surface area contributed by atoms with Crippen molar-refractivity contribution in [2.75, 3.05) is 0 Å². The van der Waals surface area contributed by atoms with Crippen molar-refractivity contribution in [3.8, 4) is 0 Å². The van der Waals surface area contributed by atoms with Crippen molar-refractivity contribution in [3.05, 3.63) is 70.7 Å². The van der Waals surface area contributed by atoms with Gasteiger partial charge >= 0.3 is 5.97 Å². The summed E-state index contributed by atoms with van der Waals surface area (Å²) in [5.41, 5.74) is 4.02. The van der Waals surface area contributed by atoms with Crippen molar-refractivity contribution in [2.45, 2.75) is 58.2 Å². The standard InChI is InChI=1S/C24H27FN2O2/c1-16-7-12-20-21(14-26-19-5-3-2-4-6-19)23(24(28)29)27(22(20)13-16)15-17-8-10-18(25)11-9-17/h7-13,19,26H,2-6,14-15H2,1H3,(H,28,29). The summed E-state index contributed by atoms with van der Waals surface area (Å²) < 4.78 is 15.2. The summed E-state index contributed by atoms with van der Waals surface area (Å²) in [7, 11) is 0. The van der Waals surface area contributed by atoms with Crippen LogP contribution in [0.25, 0.3) is 10.9 Å². The van der Waals surface area contributed by atoms with E-state index in [1.165, 1.54) is 31.4 Å². The van der Waals surface area contributed by atoms with Crippen LogP contribution in [0.3, 0.4) is 0 Å². The van der Waals surface area contributed by atoms with Crippen LogP contribution < -0.4 is 5.32 Å². The minimum Gasteiger partial charge on any atom is -0.477 e. The van der Waals surface area contributed by atoms with Gasteiger partial charge in [0.15, 0.2) is 0 Å². The van der Waals surface area contributed by atoms with E-state index in [0.717, 1.165) is 40.4 Å². The Labute approximate surface area is 170 Å². The number of hydrogen-bond acceptors (Lipinski definition) is 2. The number of fused-ring (bicyclic) bond motifs is 1. The zero-order valence-corrected chi connectivity index (χ0v) is 16.7. The van der Waals surface area contributed by atoms with Crippen LogP contribution in [0.2, 0.25) is 0 Å². The second-order valence-electron chi connectivity index (χ2n) is 8.08. The molecule has 1 aliphatic rings. The maximum Gasteiger partial charge on any atom is 0.352 e. The largest absolute Gasteiger partial charge is 0.477 e. The van der Waals surface area contributed by atoms with Crippen LogP contribution in [0.4, 0.5) is 4.39 Å². The van der Waals surface area contributed by atoms with E-state index in [4.69, 9.17) is 0 Å². The average molecular weight is 394 g/mol. The zero-order chi connectivity index (χ0) is 20.4. The molecule has 0 unspecified atom stereocenters. The quantitative estimate of drug-likeness (QED) is 0.600. The molecule has 1 aromatic heterocycles. The van der Waals surface area contributed by atoms with Crippen molar-refractivity contribution >= 4 is 16.9 Å². The number of carbonyl (C=O) groups is 1. The molecule has 1 aliphatic carbocycles. The van der Waals surface area contributed by atoms with Gasteiger partial charge in [-0.3, -0.25) is 0 Å². The number of rotatable bonds is 6. The van der Waals surface area contributed by atoms with Crippen LogP contribution in [0, 0.1) is 12.7 Å². The molecule has 0 spiro atoms. The molecule has 4 rings (SSSR count). The molecule has 4 nitrogen and oxygen atoms in total. The van der Waals surface area contributed by atoms with Gasteiger partial charge in [-0.15, -0.1) is 0 Å². The molecule has 0 bridgehead atoms. The topological polar surface area (TPSA) is 54.3 Å². The summed E-state index contributed by atoms with van der Waals surface area (Å²) in [6, 6.07) is 12.8. The highest BCUT2D eigenvalue weighted by Crippen LogP contribution is 2.29. The molecule has 2 aromatic carbocycles. The van der Waals surface area contributed by atoms with E-state index in [-0.39, 0.29) is 5.82 Å². The number of nitrogens with zero attached hydrogens (tertiary/aromatic N) is 1. The fraction of sp³-hybridized carbons (Fsp3) is 0.375. The highest BCUT2D eigenvalue weighted by atomic mass is 19.1. The summed E-state index contributed by atoms with van der Waals surface area (Å²) in [6.45, 7) is 2.95.